The normalized spacial score (nSPS) is 20.2. The van der Waals surface area contributed by atoms with E-state index >= 15 is 0 Å². The Hall–Kier alpha value is -2.28. The Morgan fingerprint density at radius 2 is 1.87 bits per heavy atom. The molecule has 0 saturated carbocycles. The number of nitrogens with one attached hydrogen (secondary N) is 2. The van der Waals surface area contributed by atoms with E-state index in [1.54, 1.807) is 0 Å². The van der Waals surface area contributed by atoms with Gasteiger partial charge >= 0.3 is 5.97 Å². The molecule has 0 spiro atoms. The predicted octanol–water partition coefficient (Wildman–Crippen LogP) is -3.14. The summed E-state index contributed by atoms with van der Waals surface area (Å²) in [6.07, 6.45) is 0.917. The average Bonchev–Trinajstić information content (AvgIpc) is 3.19. The smallest absolute Gasteiger partial charge is 0.326 e. The predicted molar refractivity (Wildman–Crippen MR) is 106 cm³/mol. The quantitative estimate of drug-likeness (QED) is 0.155. The van der Waals surface area contributed by atoms with Crippen LogP contribution in [0.5, 0.6) is 0 Å². The van der Waals surface area contributed by atoms with Gasteiger partial charge < -0.3 is 42.3 Å². The molecule has 0 aromatic carbocycles. The van der Waals surface area contributed by atoms with E-state index in [1.165, 1.54) is 11.8 Å². The first-order chi connectivity index (χ1) is 14.1. The fraction of sp³-hybridized carbons (Fsp3) is 0.778. The van der Waals surface area contributed by atoms with Gasteiger partial charge in [0.2, 0.25) is 17.7 Å². The van der Waals surface area contributed by atoms with Gasteiger partial charge in [-0.3, -0.25) is 14.4 Å². The first-order valence-electron chi connectivity index (χ1n) is 10.0. The lowest BCUT2D eigenvalue weighted by molar-refractivity contribution is -0.146. The summed E-state index contributed by atoms with van der Waals surface area (Å²) in [5.41, 5.74) is 10.8. The number of aliphatic carboxylic acids is 1. The highest BCUT2D eigenvalue weighted by Gasteiger charge is 2.40. The van der Waals surface area contributed by atoms with Crippen LogP contribution < -0.4 is 22.1 Å². The number of aliphatic hydroxyl groups excluding tert-OH is 2. The van der Waals surface area contributed by atoms with Crippen molar-refractivity contribution in [3.8, 4) is 0 Å². The summed E-state index contributed by atoms with van der Waals surface area (Å²) in [5.74, 6) is -3.29. The Labute approximate surface area is 175 Å². The highest BCUT2D eigenvalue weighted by molar-refractivity contribution is 5.94. The molecule has 1 aliphatic heterocycles. The van der Waals surface area contributed by atoms with Crippen molar-refractivity contribution < 1.29 is 34.5 Å². The van der Waals surface area contributed by atoms with Gasteiger partial charge in [-0.2, -0.15) is 0 Å². The number of hydrogen-bond donors (Lipinski definition) is 7. The summed E-state index contributed by atoms with van der Waals surface area (Å²) in [6, 6.07) is -4.64. The van der Waals surface area contributed by atoms with Gasteiger partial charge in [0.05, 0.1) is 12.7 Å². The van der Waals surface area contributed by atoms with Gasteiger partial charge in [-0.05, 0) is 45.6 Å². The van der Waals surface area contributed by atoms with Crippen LogP contribution in [0, 0.1) is 0 Å². The molecule has 1 heterocycles. The first kappa shape index (κ1) is 25.8. The zero-order chi connectivity index (χ0) is 22.8. The van der Waals surface area contributed by atoms with Gasteiger partial charge in [0.25, 0.3) is 0 Å². The molecule has 12 heteroatoms. The van der Waals surface area contributed by atoms with Crippen LogP contribution in [-0.2, 0) is 19.2 Å². The lowest BCUT2D eigenvalue weighted by Crippen LogP contribution is -2.59. The van der Waals surface area contributed by atoms with Crippen LogP contribution in [0.25, 0.3) is 0 Å². The molecule has 1 rings (SSSR count). The monoisotopic (exact) mass is 431 g/mol. The molecular formula is C18H33N5O7. The average molecular weight is 431 g/mol. The maximum absolute atomic E-state index is 12.9. The minimum Gasteiger partial charge on any atom is -0.480 e. The van der Waals surface area contributed by atoms with E-state index in [0.717, 1.165) is 0 Å². The lowest BCUT2D eigenvalue weighted by Gasteiger charge is -2.31. The van der Waals surface area contributed by atoms with Crippen LogP contribution >= 0.6 is 0 Å². The Bertz CT molecular complexity index is 616. The second kappa shape index (κ2) is 12.4. The number of unbranched alkanes of at least 4 members (excludes halogenated alkanes) is 1. The maximum atomic E-state index is 12.9. The second-order valence-electron chi connectivity index (χ2n) is 7.39. The Kier molecular flexibility index (Phi) is 10.7. The van der Waals surface area contributed by atoms with Crippen molar-refractivity contribution in [1.82, 2.24) is 15.5 Å². The molecule has 9 N–H and O–H groups in total. The number of hydrogen-bond acceptors (Lipinski definition) is 8. The van der Waals surface area contributed by atoms with E-state index in [-0.39, 0.29) is 13.0 Å². The van der Waals surface area contributed by atoms with Crippen molar-refractivity contribution in [3.63, 3.8) is 0 Å². The molecule has 0 aromatic rings. The minimum atomic E-state index is -1.36. The summed E-state index contributed by atoms with van der Waals surface area (Å²) in [7, 11) is 0. The first-order valence-corrected chi connectivity index (χ1v) is 10.0. The van der Waals surface area contributed by atoms with Crippen LogP contribution in [0.3, 0.4) is 0 Å². The van der Waals surface area contributed by atoms with Crippen LogP contribution in [0.15, 0.2) is 0 Å². The molecule has 172 valence electrons. The molecule has 12 nitrogen and oxygen atoms in total. The SMILES string of the molecule is CC(O)C(NC(=O)C(N)CO)C(=O)N1CCCC1C(=O)NC(CCCCN)C(=O)O. The molecule has 0 aliphatic carbocycles. The third-order valence-electron chi connectivity index (χ3n) is 4.98. The molecule has 0 radical (unpaired) electrons. The van der Waals surface area contributed by atoms with E-state index in [0.29, 0.717) is 32.2 Å². The minimum absolute atomic E-state index is 0.213. The number of likely N-dealkylation sites (tertiary alicyclic amines) is 1. The molecule has 30 heavy (non-hydrogen) atoms. The summed E-state index contributed by atoms with van der Waals surface area (Å²) >= 11 is 0. The second-order valence-corrected chi connectivity index (χ2v) is 7.39. The van der Waals surface area contributed by atoms with Crippen molar-refractivity contribution in [2.45, 2.75) is 69.3 Å². The van der Waals surface area contributed by atoms with Crippen LogP contribution in [0.2, 0.25) is 0 Å². The molecule has 1 saturated heterocycles. The van der Waals surface area contributed by atoms with Gasteiger partial charge in [0.1, 0.15) is 24.2 Å². The van der Waals surface area contributed by atoms with Crippen LogP contribution in [-0.4, -0.2) is 93.9 Å². The van der Waals surface area contributed by atoms with E-state index in [4.69, 9.17) is 16.6 Å². The Morgan fingerprint density at radius 3 is 2.40 bits per heavy atom. The van der Waals surface area contributed by atoms with E-state index in [9.17, 15) is 29.4 Å². The number of carbonyl (C=O) groups excluding carboxylic acids is 3. The van der Waals surface area contributed by atoms with Gasteiger partial charge in [-0.1, -0.05) is 0 Å². The van der Waals surface area contributed by atoms with Crippen molar-refractivity contribution in [2.24, 2.45) is 11.5 Å². The number of nitrogens with two attached hydrogens (primary N) is 2. The molecule has 5 atom stereocenters. The van der Waals surface area contributed by atoms with E-state index in [2.05, 4.69) is 10.6 Å². The molecule has 0 aromatic heterocycles. The van der Waals surface area contributed by atoms with Gasteiger partial charge in [0, 0.05) is 6.54 Å². The number of carboxylic acids is 1. The van der Waals surface area contributed by atoms with E-state index < -0.39 is 60.6 Å². The van der Waals surface area contributed by atoms with Crippen molar-refractivity contribution in [1.29, 1.82) is 0 Å². The highest BCUT2D eigenvalue weighted by atomic mass is 16.4. The number of amides is 3. The molecule has 5 unspecified atom stereocenters. The van der Waals surface area contributed by atoms with Crippen molar-refractivity contribution in [3.05, 3.63) is 0 Å². The largest absolute Gasteiger partial charge is 0.480 e. The van der Waals surface area contributed by atoms with Crippen LogP contribution in [0.1, 0.15) is 39.0 Å². The van der Waals surface area contributed by atoms with Crippen LogP contribution in [0.4, 0.5) is 0 Å². The number of nitrogens with zero attached hydrogens (tertiary/aromatic N) is 1. The topological polar surface area (TPSA) is 208 Å². The van der Waals surface area contributed by atoms with Crippen molar-refractivity contribution in [2.75, 3.05) is 19.7 Å². The third kappa shape index (κ3) is 7.20. The Balaban J connectivity index is 2.86. The van der Waals surface area contributed by atoms with Crippen molar-refractivity contribution >= 4 is 23.7 Å². The zero-order valence-corrected chi connectivity index (χ0v) is 17.1. The number of rotatable bonds is 12. The third-order valence-corrected chi connectivity index (χ3v) is 4.98. The Morgan fingerprint density at radius 1 is 1.20 bits per heavy atom. The highest BCUT2D eigenvalue weighted by Crippen LogP contribution is 2.20. The summed E-state index contributed by atoms with van der Waals surface area (Å²) < 4.78 is 0. The number of aliphatic hydroxyl groups is 2. The molecule has 1 aliphatic rings. The fourth-order valence-electron chi connectivity index (χ4n) is 3.23. The van der Waals surface area contributed by atoms with Gasteiger partial charge in [-0.25, -0.2) is 4.79 Å². The molecule has 3 amide bonds. The summed E-state index contributed by atoms with van der Waals surface area (Å²) in [4.78, 5) is 50.2. The molecule has 0 bridgehead atoms. The maximum Gasteiger partial charge on any atom is 0.326 e. The van der Waals surface area contributed by atoms with Gasteiger partial charge in [-0.15, -0.1) is 0 Å². The lowest BCUT2D eigenvalue weighted by atomic mass is 10.1. The molecular weight excluding hydrogens is 398 g/mol. The van der Waals surface area contributed by atoms with Gasteiger partial charge in [0.15, 0.2) is 0 Å². The molecule has 1 fully saturated rings. The number of carboxylic acid groups (broad SMARTS) is 1. The zero-order valence-electron chi connectivity index (χ0n) is 17.1. The van der Waals surface area contributed by atoms with E-state index in [1.807, 2.05) is 0 Å². The summed E-state index contributed by atoms with van der Waals surface area (Å²) in [6.45, 7) is 1.29. The number of carbonyl (C=O) groups is 4. The summed E-state index contributed by atoms with van der Waals surface area (Å²) in [5, 5.41) is 33.0. The fourth-order valence-corrected chi connectivity index (χ4v) is 3.23. The standard InChI is InChI=1S/C18H33N5O7/c1-10(25)14(22-15(26)11(20)9-24)17(28)23-8-4-6-13(23)16(27)21-12(18(29)30)5-2-3-7-19/h10-14,24-25H,2-9,19-20H2,1H3,(H,21,27)(H,22,26)(H,29,30).